The minimum atomic E-state index is -0.116. The van der Waals surface area contributed by atoms with Crippen LogP contribution in [0, 0.1) is 5.92 Å². The van der Waals surface area contributed by atoms with Crippen molar-refractivity contribution < 1.29 is 14.0 Å². The summed E-state index contributed by atoms with van der Waals surface area (Å²) in [5.41, 5.74) is 4.86. The summed E-state index contributed by atoms with van der Waals surface area (Å²) in [5.74, 6) is 2.68. The van der Waals surface area contributed by atoms with Gasteiger partial charge >= 0.3 is 0 Å². The second-order valence-electron chi connectivity index (χ2n) is 11.3. The summed E-state index contributed by atoms with van der Waals surface area (Å²) in [5, 5.41) is 15.3. The fourth-order valence-corrected chi connectivity index (χ4v) is 6.90. The Kier molecular flexibility index (Phi) is 6.76. The zero-order valence-corrected chi connectivity index (χ0v) is 22.6. The second kappa shape index (κ2) is 10.7. The number of hydrogen-bond acceptors (Lipinski definition) is 8. The van der Waals surface area contributed by atoms with E-state index in [-0.39, 0.29) is 24.1 Å². The molecule has 0 spiro atoms. The average Bonchev–Trinajstić information content (AvgIpc) is 3.78. The summed E-state index contributed by atoms with van der Waals surface area (Å²) in [6, 6.07) is 14.2. The van der Waals surface area contributed by atoms with Gasteiger partial charge in [-0.15, -0.1) is 10.2 Å². The highest BCUT2D eigenvalue weighted by atomic mass is 16.3. The van der Waals surface area contributed by atoms with Crippen LogP contribution in [-0.4, -0.2) is 68.7 Å². The number of furan rings is 1. The maximum atomic E-state index is 13.0. The molecule has 1 aromatic carbocycles. The van der Waals surface area contributed by atoms with E-state index in [0.29, 0.717) is 56.7 Å². The summed E-state index contributed by atoms with van der Waals surface area (Å²) in [7, 11) is 0. The lowest BCUT2D eigenvalue weighted by molar-refractivity contribution is -0.132. The Morgan fingerprint density at radius 2 is 1.75 bits per heavy atom. The molecule has 3 aromatic rings. The molecular weight excluding hydrogens is 508 g/mol. The van der Waals surface area contributed by atoms with E-state index in [0.717, 1.165) is 24.6 Å². The smallest absolute Gasteiger partial charge is 0.289 e. The molecule has 11 heteroatoms. The number of piperazine rings is 1. The molecule has 0 radical (unpaired) electrons. The number of amides is 2. The van der Waals surface area contributed by atoms with Crippen LogP contribution in [0.15, 0.2) is 53.1 Å². The molecule has 4 aliphatic rings. The van der Waals surface area contributed by atoms with Gasteiger partial charge in [0.1, 0.15) is 18.2 Å². The van der Waals surface area contributed by atoms with Crippen LogP contribution >= 0.6 is 0 Å². The standard InChI is InChI=1S/C29H36N8O3/c38-25(34-15-17-35(18-16-34)28(39)23-12-7-19-40-23)14-6-13-24-31-32-29-36(24)22-11-5-4-10-21(22)27-30-26(33-37(27)29)20-8-2-1-3-9-20/h1-3,7-9,12,19,21-22,26-27,30,33H,4-6,10-11,13-18H2. The van der Waals surface area contributed by atoms with Gasteiger partial charge in [0, 0.05) is 51.0 Å². The summed E-state index contributed by atoms with van der Waals surface area (Å²) in [6.45, 7) is 2.14. The average molecular weight is 545 g/mol. The fourth-order valence-electron chi connectivity index (χ4n) is 6.90. The molecule has 0 bridgehead atoms. The van der Waals surface area contributed by atoms with E-state index in [2.05, 4.69) is 54.8 Å². The van der Waals surface area contributed by atoms with Gasteiger partial charge < -0.3 is 14.2 Å². The molecule has 2 aromatic heterocycles. The number of carbonyl (C=O) groups is 2. The number of carbonyl (C=O) groups excluding carboxylic acids is 2. The first kappa shape index (κ1) is 25.3. The molecule has 1 saturated carbocycles. The Labute approximate surface area is 233 Å². The van der Waals surface area contributed by atoms with E-state index < -0.39 is 0 Å². The highest BCUT2D eigenvalue weighted by Gasteiger charge is 2.48. The van der Waals surface area contributed by atoms with E-state index >= 15 is 0 Å². The van der Waals surface area contributed by atoms with E-state index in [1.54, 1.807) is 17.0 Å². The summed E-state index contributed by atoms with van der Waals surface area (Å²) < 4.78 is 7.59. The van der Waals surface area contributed by atoms with E-state index in [4.69, 9.17) is 4.42 Å². The van der Waals surface area contributed by atoms with Crippen molar-refractivity contribution in [2.75, 3.05) is 31.2 Å². The van der Waals surface area contributed by atoms with Crippen molar-refractivity contribution in [3.8, 4) is 0 Å². The van der Waals surface area contributed by atoms with Crippen molar-refractivity contribution in [2.45, 2.75) is 63.3 Å². The Balaban J connectivity index is 0.987. The van der Waals surface area contributed by atoms with Gasteiger partial charge in [0.15, 0.2) is 5.76 Å². The third-order valence-corrected chi connectivity index (χ3v) is 8.94. The number of nitrogens with zero attached hydrogens (tertiary/aromatic N) is 6. The van der Waals surface area contributed by atoms with Gasteiger partial charge in [0.25, 0.3) is 5.91 Å². The number of nitrogens with one attached hydrogen (secondary N) is 2. The Bertz CT molecular complexity index is 1330. The van der Waals surface area contributed by atoms with Crippen LogP contribution in [0.5, 0.6) is 0 Å². The first-order chi connectivity index (χ1) is 19.7. The second-order valence-corrected chi connectivity index (χ2v) is 11.3. The molecule has 1 aliphatic carbocycles. The lowest BCUT2D eigenvalue weighted by Crippen LogP contribution is -2.53. The van der Waals surface area contributed by atoms with E-state index in [1.807, 2.05) is 11.0 Å². The molecule has 2 amide bonds. The number of rotatable bonds is 6. The topological polar surface area (TPSA) is 112 Å². The van der Waals surface area contributed by atoms with E-state index in [9.17, 15) is 9.59 Å². The number of fused-ring (bicyclic) bond motifs is 6. The molecule has 4 unspecified atom stereocenters. The lowest BCUT2D eigenvalue weighted by Gasteiger charge is -2.44. The maximum Gasteiger partial charge on any atom is 0.289 e. The highest BCUT2D eigenvalue weighted by Crippen LogP contribution is 2.45. The molecule has 3 fully saturated rings. The fraction of sp³-hybridized carbons (Fsp3) is 0.517. The normalized spacial score (nSPS) is 25.9. The number of hydrazine groups is 1. The Morgan fingerprint density at radius 1 is 0.950 bits per heavy atom. The molecule has 5 heterocycles. The largest absolute Gasteiger partial charge is 0.459 e. The number of anilines is 1. The van der Waals surface area contributed by atoms with Gasteiger partial charge in [-0.3, -0.25) is 24.5 Å². The predicted octanol–water partition coefficient (Wildman–Crippen LogP) is 2.86. The Hall–Kier alpha value is -3.70. The van der Waals surface area contributed by atoms with Gasteiger partial charge in [0.05, 0.1) is 6.26 Å². The zero-order chi connectivity index (χ0) is 27.1. The van der Waals surface area contributed by atoms with Crippen molar-refractivity contribution in [1.29, 1.82) is 0 Å². The van der Waals surface area contributed by atoms with Gasteiger partial charge in [-0.2, -0.15) is 0 Å². The minimum absolute atomic E-state index is 0.0351. The van der Waals surface area contributed by atoms with Gasteiger partial charge in [-0.25, -0.2) is 5.43 Å². The van der Waals surface area contributed by atoms with Crippen LogP contribution in [0.2, 0.25) is 0 Å². The van der Waals surface area contributed by atoms with Crippen molar-refractivity contribution in [3.05, 3.63) is 65.9 Å². The monoisotopic (exact) mass is 544 g/mol. The summed E-state index contributed by atoms with van der Waals surface area (Å²) in [6.07, 6.45) is 8.38. The molecular formula is C29H36N8O3. The van der Waals surface area contributed by atoms with Crippen molar-refractivity contribution >= 4 is 17.8 Å². The Morgan fingerprint density at radius 3 is 2.55 bits per heavy atom. The molecule has 7 rings (SSSR count). The van der Waals surface area contributed by atoms with Gasteiger partial charge in [-0.05, 0) is 37.0 Å². The van der Waals surface area contributed by atoms with Gasteiger partial charge in [0.2, 0.25) is 11.9 Å². The van der Waals surface area contributed by atoms with E-state index in [1.165, 1.54) is 31.1 Å². The van der Waals surface area contributed by atoms with Crippen LogP contribution < -0.4 is 15.8 Å². The molecule has 2 N–H and O–H groups in total. The van der Waals surface area contributed by atoms with Crippen LogP contribution in [0.1, 0.15) is 72.7 Å². The number of benzene rings is 1. The molecule has 40 heavy (non-hydrogen) atoms. The molecule has 11 nitrogen and oxygen atoms in total. The lowest BCUT2D eigenvalue weighted by atomic mass is 9.81. The third-order valence-electron chi connectivity index (χ3n) is 8.94. The summed E-state index contributed by atoms with van der Waals surface area (Å²) >= 11 is 0. The van der Waals surface area contributed by atoms with Gasteiger partial charge in [-0.1, -0.05) is 43.2 Å². The molecule has 2 saturated heterocycles. The third kappa shape index (κ3) is 4.56. The van der Waals surface area contributed by atoms with Crippen LogP contribution in [-0.2, 0) is 11.2 Å². The first-order valence-electron chi connectivity index (χ1n) is 14.6. The number of aromatic nitrogens is 3. The van der Waals surface area contributed by atoms with Crippen molar-refractivity contribution in [2.24, 2.45) is 5.92 Å². The highest BCUT2D eigenvalue weighted by molar-refractivity contribution is 5.91. The van der Waals surface area contributed by atoms with Crippen LogP contribution in [0.4, 0.5) is 5.95 Å². The molecule has 4 atom stereocenters. The quantitative estimate of drug-likeness (QED) is 0.487. The molecule has 210 valence electrons. The number of aryl methyl sites for hydroxylation is 1. The van der Waals surface area contributed by atoms with Crippen molar-refractivity contribution in [3.63, 3.8) is 0 Å². The van der Waals surface area contributed by atoms with Crippen molar-refractivity contribution in [1.82, 2.24) is 35.3 Å². The van der Waals surface area contributed by atoms with Crippen LogP contribution in [0.3, 0.4) is 0 Å². The first-order valence-corrected chi connectivity index (χ1v) is 14.6. The SMILES string of the molecule is O=C(CCCc1nnc2n1C1CCCCC1C1NC(c3ccccc3)NN21)N1CCN(C(=O)c2ccco2)CC1. The summed E-state index contributed by atoms with van der Waals surface area (Å²) in [4.78, 5) is 29.1. The maximum absolute atomic E-state index is 13.0. The molecule has 3 aliphatic heterocycles. The minimum Gasteiger partial charge on any atom is -0.459 e. The zero-order valence-electron chi connectivity index (χ0n) is 22.6. The predicted molar refractivity (Wildman–Crippen MR) is 147 cm³/mol. The number of hydrogen-bond donors (Lipinski definition) is 2. The van der Waals surface area contributed by atoms with Crippen LogP contribution in [0.25, 0.3) is 0 Å².